The number of fused-ring (bicyclic) bond motifs is 2. The molecule has 2 aliphatic carbocycles. The molecule has 1 aromatic carbocycles. The smallest absolute Gasteiger partial charge is 0.254 e. The Kier molecular flexibility index (Phi) is 6.46. The van der Waals surface area contributed by atoms with Crippen LogP contribution in [-0.2, 0) is 23.6 Å². The third kappa shape index (κ3) is 4.80. The molecule has 1 amide bonds. The van der Waals surface area contributed by atoms with Crippen molar-refractivity contribution in [3.8, 4) is 17.3 Å². The first-order valence-corrected chi connectivity index (χ1v) is 16.6. The molecule has 0 unspecified atom stereocenters. The summed E-state index contributed by atoms with van der Waals surface area (Å²) in [5, 5.41) is 0.926. The highest BCUT2D eigenvalue weighted by Crippen LogP contribution is 2.39. The molecule has 0 bridgehead atoms. The number of carbonyl (C=O) groups excluding carboxylic acids is 1. The maximum Gasteiger partial charge on any atom is 0.254 e. The highest BCUT2D eigenvalue weighted by atomic mass is 32.2. The SMILES string of the molecule is COc1cc(C(=O)N2CCC[C@@H](N)C2)cc2nc(-c3cc4ccc(N(C5CC5)S(C)(=O)=O)nc4n3CC3CC3)n(C)c12. The summed E-state index contributed by atoms with van der Waals surface area (Å²) in [5.74, 6) is 2.25. The first-order valence-electron chi connectivity index (χ1n) is 14.7. The first kappa shape index (κ1) is 27.2. The number of pyridine rings is 1. The van der Waals surface area contributed by atoms with Gasteiger partial charge in [-0.05, 0) is 74.8 Å². The van der Waals surface area contributed by atoms with E-state index in [1.54, 1.807) is 19.2 Å². The van der Waals surface area contributed by atoms with Crippen molar-refractivity contribution < 1.29 is 17.9 Å². The van der Waals surface area contributed by atoms with Gasteiger partial charge in [0.05, 0.1) is 24.6 Å². The molecule has 222 valence electrons. The van der Waals surface area contributed by atoms with Gasteiger partial charge in [-0.2, -0.15) is 0 Å². The molecule has 3 aliphatic rings. The van der Waals surface area contributed by atoms with Crippen molar-refractivity contribution in [2.75, 3.05) is 30.8 Å². The van der Waals surface area contributed by atoms with Crippen LogP contribution in [0.5, 0.6) is 5.75 Å². The highest BCUT2D eigenvalue weighted by Gasteiger charge is 2.36. The monoisotopic (exact) mass is 591 g/mol. The topological polar surface area (TPSA) is 129 Å². The zero-order chi connectivity index (χ0) is 29.3. The number of methoxy groups -OCH3 is 1. The molecule has 4 aromatic rings. The van der Waals surface area contributed by atoms with E-state index in [0.29, 0.717) is 41.7 Å². The summed E-state index contributed by atoms with van der Waals surface area (Å²) in [7, 11) is 0.106. The second kappa shape index (κ2) is 9.98. The van der Waals surface area contributed by atoms with Gasteiger partial charge in [-0.15, -0.1) is 0 Å². The Morgan fingerprint density at radius 2 is 1.90 bits per heavy atom. The number of carbonyl (C=O) groups is 1. The number of likely N-dealkylation sites (tertiary alicyclic amines) is 1. The standard InChI is InChI=1S/C30H37N7O4S/c1-34-27-23(13-20(15-25(27)41-2)30(38)35-12-4-5-21(31)17-35)32-29(34)24-14-19-8-11-26(37(22-9-10-22)42(3,39)40)33-28(19)36(24)16-18-6-7-18/h8,11,13-15,18,21-22H,4-7,9-10,12,16-17,31H2,1-3H3/t21-/m1/s1. The van der Waals surface area contributed by atoms with Crippen molar-refractivity contribution in [1.82, 2.24) is 24.0 Å². The van der Waals surface area contributed by atoms with E-state index in [-0.39, 0.29) is 18.0 Å². The summed E-state index contributed by atoms with van der Waals surface area (Å²) in [6.45, 7) is 2.01. The van der Waals surface area contributed by atoms with Crippen molar-refractivity contribution >= 4 is 43.8 Å². The number of imidazole rings is 1. The molecule has 12 heteroatoms. The van der Waals surface area contributed by atoms with Gasteiger partial charge in [0.2, 0.25) is 10.0 Å². The van der Waals surface area contributed by atoms with Gasteiger partial charge in [-0.3, -0.25) is 9.10 Å². The Bertz CT molecular complexity index is 1820. The van der Waals surface area contributed by atoms with Crippen molar-refractivity contribution in [3.63, 3.8) is 0 Å². The lowest BCUT2D eigenvalue weighted by atomic mass is 10.0. The van der Waals surface area contributed by atoms with Crippen molar-refractivity contribution in [1.29, 1.82) is 0 Å². The summed E-state index contributed by atoms with van der Waals surface area (Å²) >= 11 is 0. The van der Waals surface area contributed by atoms with Crippen LogP contribution < -0.4 is 14.8 Å². The number of aryl methyl sites for hydroxylation is 1. The number of piperidine rings is 1. The van der Waals surface area contributed by atoms with E-state index < -0.39 is 10.0 Å². The fourth-order valence-electron chi connectivity index (χ4n) is 6.30. The lowest BCUT2D eigenvalue weighted by molar-refractivity contribution is 0.0708. The Morgan fingerprint density at radius 3 is 2.57 bits per heavy atom. The zero-order valence-electron chi connectivity index (χ0n) is 24.3. The van der Waals surface area contributed by atoms with Crippen molar-refractivity contribution in [2.24, 2.45) is 18.7 Å². The van der Waals surface area contributed by atoms with Gasteiger partial charge in [-0.1, -0.05) is 0 Å². The Labute approximate surface area is 245 Å². The minimum absolute atomic E-state index is 0.00826. The second-order valence-corrected chi connectivity index (χ2v) is 14.0. The molecule has 3 fully saturated rings. The number of anilines is 1. The van der Waals surface area contributed by atoms with Gasteiger partial charge >= 0.3 is 0 Å². The van der Waals surface area contributed by atoms with Gasteiger partial charge in [0, 0.05) is 49.7 Å². The molecule has 4 heterocycles. The third-order valence-corrected chi connectivity index (χ3v) is 9.90. The number of nitrogens with zero attached hydrogens (tertiary/aromatic N) is 6. The summed E-state index contributed by atoms with van der Waals surface area (Å²) in [4.78, 5) is 25.2. The minimum atomic E-state index is -3.45. The maximum absolute atomic E-state index is 13.4. The number of amides is 1. The quantitative estimate of drug-likeness (QED) is 0.332. The number of hydrogen-bond donors (Lipinski definition) is 1. The molecule has 7 rings (SSSR count). The average Bonchev–Trinajstić information content (AvgIpc) is 3.89. The molecule has 2 N–H and O–H groups in total. The first-order chi connectivity index (χ1) is 20.1. The molecular weight excluding hydrogens is 554 g/mol. The van der Waals surface area contributed by atoms with Crippen LogP contribution in [0.15, 0.2) is 30.3 Å². The van der Waals surface area contributed by atoms with E-state index in [2.05, 4.69) is 10.6 Å². The molecule has 3 aromatic heterocycles. The van der Waals surface area contributed by atoms with Crippen LogP contribution in [0.3, 0.4) is 0 Å². The molecule has 11 nitrogen and oxygen atoms in total. The van der Waals surface area contributed by atoms with Gasteiger partial charge < -0.3 is 24.5 Å². The number of benzene rings is 1. The lowest BCUT2D eigenvalue weighted by Crippen LogP contribution is -2.45. The van der Waals surface area contributed by atoms with Crippen LogP contribution in [0.25, 0.3) is 33.6 Å². The fraction of sp³-hybridized carbons (Fsp3) is 0.500. The molecule has 1 aliphatic heterocycles. The van der Waals surface area contributed by atoms with Crippen LogP contribution in [0.1, 0.15) is 48.9 Å². The summed E-state index contributed by atoms with van der Waals surface area (Å²) in [6.07, 6.45) is 7.06. The van der Waals surface area contributed by atoms with E-state index in [1.807, 2.05) is 28.6 Å². The lowest BCUT2D eigenvalue weighted by Gasteiger charge is -2.30. The number of rotatable bonds is 8. The van der Waals surface area contributed by atoms with Crippen LogP contribution in [0.2, 0.25) is 0 Å². The number of hydrogen-bond acceptors (Lipinski definition) is 7. The largest absolute Gasteiger partial charge is 0.494 e. The number of aromatic nitrogens is 4. The Balaban J connectivity index is 1.35. The number of ether oxygens (including phenoxy) is 1. The molecular formula is C30H37N7O4S. The number of sulfonamides is 1. The Hall–Kier alpha value is -3.64. The predicted molar refractivity (Wildman–Crippen MR) is 162 cm³/mol. The highest BCUT2D eigenvalue weighted by molar-refractivity contribution is 7.92. The average molecular weight is 592 g/mol. The molecule has 0 radical (unpaired) electrons. The molecule has 2 saturated carbocycles. The summed E-state index contributed by atoms with van der Waals surface area (Å²) < 4.78 is 36.8. The molecule has 0 spiro atoms. The van der Waals surface area contributed by atoms with E-state index >= 15 is 0 Å². The van der Waals surface area contributed by atoms with Gasteiger partial charge in [0.15, 0.2) is 5.82 Å². The normalized spacial score (nSPS) is 19.5. The van der Waals surface area contributed by atoms with E-state index in [1.165, 1.54) is 10.6 Å². The Morgan fingerprint density at radius 1 is 1.12 bits per heavy atom. The van der Waals surface area contributed by atoms with Crippen molar-refractivity contribution in [3.05, 3.63) is 35.9 Å². The van der Waals surface area contributed by atoms with Gasteiger partial charge in [0.1, 0.15) is 22.7 Å². The van der Waals surface area contributed by atoms with Gasteiger partial charge in [-0.25, -0.2) is 18.4 Å². The molecule has 42 heavy (non-hydrogen) atoms. The van der Waals surface area contributed by atoms with E-state index in [9.17, 15) is 13.2 Å². The third-order valence-electron chi connectivity index (χ3n) is 8.70. The number of nitrogens with two attached hydrogens (primary N) is 1. The maximum atomic E-state index is 13.4. The summed E-state index contributed by atoms with van der Waals surface area (Å²) in [6, 6.07) is 9.43. The van der Waals surface area contributed by atoms with E-state index in [4.69, 9.17) is 20.4 Å². The van der Waals surface area contributed by atoms with Crippen LogP contribution in [-0.4, -0.2) is 76.9 Å². The molecule has 1 saturated heterocycles. The fourth-order valence-corrected chi connectivity index (χ4v) is 7.50. The van der Waals surface area contributed by atoms with Crippen molar-refractivity contribution in [2.45, 2.75) is 57.2 Å². The second-order valence-electron chi connectivity index (χ2n) is 12.1. The van der Waals surface area contributed by atoms with Gasteiger partial charge in [0.25, 0.3) is 5.91 Å². The zero-order valence-corrected chi connectivity index (χ0v) is 25.1. The van der Waals surface area contributed by atoms with Crippen LogP contribution in [0, 0.1) is 5.92 Å². The summed E-state index contributed by atoms with van der Waals surface area (Å²) in [5.41, 5.74) is 9.80. The minimum Gasteiger partial charge on any atom is -0.494 e. The van der Waals surface area contributed by atoms with E-state index in [0.717, 1.165) is 73.1 Å². The predicted octanol–water partition coefficient (Wildman–Crippen LogP) is 3.50. The van der Waals surface area contributed by atoms with Crippen LogP contribution in [0.4, 0.5) is 5.82 Å². The van der Waals surface area contributed by atoms with Crippen LogP contribution >= 0.6 is 0 Å². The molecule has 1 atom stereocenters.